The Labute approximate surface area is 90.6 Å². The van der Waals surface area contributed by atoms with E-state index in [1.54, 1.807) is 0 Å². The molecule has 14 heavy (non-hydrogen) atoms. The fourth-order valence-corrected chi connectivity index (χ4v) is 1.57. The molecule has 0 bridgehead atoms. The van der Waals surface area contributed by atoms with Gasteiger partial charge in [0.05, 0.1) is 0 Å². The molecule has 0 spiro atoms. The highest BCUT2D eigenvalue weighted by atomic mass is 79.9. The topological polar surface area (TPSA) is 85.1 Å². The summed E-state index contributed by atoms with van der Waals surface area (Å²) in [7, 11) is -1.36. The van der Waals surface area contributed by atoms with Gasteiger partial charge in [-0.3, -0.25) is 4.72 Å². The van der Waals surface area contributed by atoms with Crippen LogP contribution in [-0.2, 0) is 11.0 Å². The number of hydrogen-bond acceptors (Lipinski definition) is 4. The Kier molecular flexibility index (Phi) is 3.53. The third kappa shape index (κ3) is 2.74. The van der Waals surface area contributed by atoms with E-state index in [1.807, 2.05) is 0 Å². The molecule has 6 nitrogen and oxygen atoms in total. The minimum atomic E-state index is -1.36. The molecule has 1 aromatic heterocycles. The van der Waals surface area contributed by atoms with Crippen LogP contribution in [0.3, 0.4) is 0 Å². The van der Waals surface area contributed by atoms with Crippen molar-refractivity contribution in [1.29, 1.82) is 0 Å². The highest BCUT2D eigenvalue weighted by Gasteiger charge is 2.16. The smallest absolute Gasteiger partial charge is 0.358 e. The van der Waals surface area contributed by atoms with Crippen LogP contribution in [0.25, 0.3) is 0 Å². The summed E-state index contributed by atoms with van der Waals surface area (Å²) in [5.74, 6) is -0.352. The predicted molar refractivity (Wildman–Crippen MR) is 56.3 cm³/mol. The normalized spacial score (nSPS) is 12.1. The summed E-state index contributed by atoms with van der Waals surface area (Å²) in [4.78, 5) is 13.5. The van der Waals surface area contributed by atoms with E-state index in [2.05, 4.69) is 25.6 Å². The number of nitro groups is 1. The Bertz CT molecular complexity index is 398. The number of aromatic nitrogens is 1. The first kappa shape index (κ1) is 11.1. The van der Waals surface area contributed by atoms with Crippen molar-refractivity contribution < 1.29 is 9.13 Å². The molecule has 0 saturated carbocycles. The van der Waals surface area contributed by atoms with Crippen molar-refractivity contribution in [2.24, 2.45) is 0 Å². The molecule has 8 heteroatoms. The molecule has 0 radical (unpaired) electrons. The lowest BCUT2D eigenvalue weighted by Gasteiger charge is -2.02. The Hall–Kier alpha value is -1.02. The minimum absolute atomic E-state index is 0.138. The number of rotatable bonds is 3. The van der Waals surface area contributed by atoms with E-state index in [1.165, 1.54) is 18.4 Å². The Morgan fingerprint density at radius 1 is 1.64 bits per heavy atom. The van der Waals surface area contributed by atoms with E-state index in [0.717, 1.165) is 0 Å². The van der Waals surface area contributed by atoms with Gasteiger partial charge in [-0.25, -0.2) is 4.21 Å². The summed E-state index contributed by atoms with van der Waals surface area (Å²) in [6.07, 6.45) is 1.38. The monoisotopic (exact) mass is 279 g/mol. The fraction of sp³-hybridized carbons (Fsp3) is 0.167. The quantitative estimate of drug-likeness (QED) is 0.516. The predicted octanol–water partition coefficient (Wildman–Crippen LogP) is 1.46. The van der Waals surface area contributed by atoms with Crippen molar-refractivity contribution in [2.75, 3.05) is 11.0 Å². The average molecular weight is 280 g/mol. The summed E-state index contributed by atoms with van der Waals surface area (Å²) < 4.78 is 13.6. The van der Waals surface area contributed by atoms with Gasteiger partial charge in [-0.15, -0.1) is 0 Å². The van der Waals surface area contributed by atoms with Crippen LogP contribution in [0.1, 0.15) is 0 Å². The van der Waals surface area contributed by atoms with Crippen LogP contribution < -0.4 is 4.72 Å². The van der Waals surface area contributed by atoms with E-state index in [0.29, 0.717) is 4.60 Å². The fourth-order valence-electron chi connectivity index (χ4n) is 0.799. The first-order chi connectivity index (χ1) is 6.50. The molecule has 76 valence electrons. The van der Waals surface area contributed by atoms with Gasteiger partial charge >= 0.3 is 5.82 Å². The second kappa shape index (κ2) is 4.47. The van der Waals surface area contributed by atoms with Crippen LogP contribution >= 0.6 is 15.9 Å². The van der Waals surface area contributed by atoms with Gasteiger partial charge in [0, 0.05) is 22.2 Å². The maximum Gasteiger partial charge on any atom is 0.389 e. The molecule has 0 amide bonds. The highest BCUT2D eigenvalue weighted by Crippen LogP contribution is 2.23. The number of hydrogen-bond donors (Lipinski definition) is 1. The van der Waals surface area contributed by atoms with Gasteiger partial charge in [-0.2, -0.15) is 0 Å². The number of pyridine rings is 1. The Morgan fingerprint density at radius 3 is 2.79 bits per heavy atom. The first-order valence-corrected chi connectivity index (χ1v) is 5.77. The summed E-state index contributed by atoms with van der Waals surface area (Å²) in [5, 5.41) is 10.5. The molecule has 1 aromatic rings. The molecule has 1 heterocycles. The average Bonchev–Trinajstić information content (AvgIpc) is 2.07. The summed E-state index contributed by atoms with van der Waals surface area (Å²) >= 11 is 3.01. The molecule has 0 saturated heterocycles. The molecular formula is C6H6BrN3O3S. The lowest BCUT2D eigenvalue weighted by atomic mass is 10.4. The molecule has 1 rings (SSSR count). The maximum absolute atomic E-state index is 10.8. The Morgan fingerprint density at radius 2 is 2.29 bits per heavy atom. The van der Waals surface area contributed by atoms with Crippen molar-refractivity contribution in [3.63, 3.8) is 0 Å². The number of nitrogens with zero attached hydrogens (tertiary/aromatic N) is 2. The maximum atomic E-state index is 10.8. The Balaban J connectivity index is 3.14. The molecular weight excluding hydrogens is 274 g/mol. The lowest BCUT2D eigenvalue weighted by Crippen LogP contribution is -2.05. The molecule has 1 unspecified atom stereocenters. The molecule has 0 aliphatic carbocycles. The highest BCUT2D eigenvalue weighted by molar-refractivity contribution is 9.10. The van der Waals surface area contributed by atoms with Crippen LogP contribution in [0.4, 0.5) is 11.5 Å². The van der Waals surface area contributed by atoms with Crippen LogP contribution in [0.2, 0.25) is 0 Å². The zero-order chi connectivity index (χ0) is 10.7. The standard InChI is InChI=1S/C6H6BrN3O3S/c1-14(13)9-4-2-3-5(7)8-6(4)10(11)12/h2-3,9H,1H3. The second-order valence-corrected chi connectivity index (χ2v) is 4.24. The van der Waals surface area contributed by atoms with Gasteiger partial charge in [-0.05, 0) is 22.0 Å². The van der Waals surface area contributed by atoms with Crippen molar-refractivity contribution in [2.45, 2.75) is 0 Å². The second-order valence-electron chi connectivity index (χ2n) is 2.32. The van der Waals surface area contributed by atoms with Crippen LogP contribution in [-0.4, -0.2) is 20.4 Å². The zero-order valence-corrected chi connectivity index (χ0v) is 9.46. The van der Waals surface area contributed by atoms with E-state index in [9.17, 15) is 14.3 Å². The van der Waals surface area contributed by atoms with E-state index in [-0.39, 0.29) is 11.5 Å². The lowest BCUT2D eigenvalue weighted by molar-refractivity contribution is -0.388. The molecule has 0 aliphatic heterocycles. The molecule has 0 fully saturated rings. The van der Waals surface area contributed by atoms with Gasteiger partial charge in [0.25, 0.3) is 0 Å². The van der Waals surface area contributed by atoms with E-state index >= 15 is 0 Å². The van der Waals surface area contributed by atoms with E-state index in [4.69, 9.17) is 0 Å². The van der Waals surface area contributed by atoms with Crippen molar-refractivity contribution >= 4 is 38.4 Å². The van der Waals surface area contributed by atoms with Gasteiger partial charge < -0.3 is 10.1 Å². The summed E-state index contributed by atoms with van der Waals surface area (Å²) in [5.41, 5.74) is 0.138. The van der Waals surface area contributed by atoms with Gasteiger partial charge in [0.2, 0.25) is 4.60 Å². The molecule has 0 aromatic carbocycles. The summed E-state index contributed by atoms with van der Waals surface area (Å²) in [6, 6.07) is 2.97. The summed E-state index contributed by atoms with van der Waals surface area (Å²) in [6.45, 7) is 0. The third-order valence-electron chi connectivity index (χ3n) is 1.27. The molecule has 1 N–H and O–H groups in total. The van der Waals surface area contributed by atoms with Crippen molar-refractivity contribution in [3.8, 4) is 0 Å². The van der Waals surface area contributed by atoms with Crippen LogP contribution in [0, 0.1) is 10.1 Å². The van der Waals surface area contributed by atoms with E-state index < -0.39 is 15.9 Å². The zero-order valence-electron chi connectivity index (χ0n) is 7.06. The van der Waals surface area contributed by atoms with Crippen molar-refractivity contribution in [1.82, 2.24) is 4.98 Å². The van der Waals surface area contributed by atoms with Crippen LogP contribution in [0.15, 0.2) is 16.7 Å². The SMILES string of the molecule is CS(=O)Nc1ccc(Br)nc1[N+](=O)[O-]. The number of nitrogens with one attached hydrogen (secondary N) is 1. The van der Waals surface area contributed by atoms with Crippen molar-refractivity contribution in [3.05, 3.63) is 26.9 Å². The first-order valence-electron chi connectivity index (χ1n) is 3.41. The third-order valence-corrected chi connectivity index (χ3v) is 2.22. The number of anilines is 1. The minimum Gasteiger partial charge on any atom is -0.358 e. The van der Waals surface area contributed by atoms with Gasteiger partial charge in [0.1, 0.15) is 16.7 Å². The number of halogens is 1. The van der Waals surface area contributed by atoms with Gasteiger partial charge in [0.15, 0.2) is 0 Å². The largest absolute Gasteiger partial charge is 0.389 e. The molecule has 1 atom stereocenters. The van der Waals surface area contributed by atoms with Crippen LogP contribution in [0.5, 0.6) is 0 Å². The van der Waals surface area contributed by atoms with Gasteiger partial charge in [-0.1, -0.05) is 0 Å². The molecule has 0 aliphatic rings.